The van der Waals surface area contributed by atoms with Gasteiger partial charge in [-0.25, -0.2) is 0 Å². The number of aromatic nitrogens is 1. The summed E-state index contributed by atoms with van der Waals surface area (Å²) in [5.41, 5.74) is 3.63. The summed E-state index contributed by atoms with van der Waals surface area (Å²) >= 11 is 0. The van der Waals surface area contributed by atoms with Crippen molar-refractivity contribution in [2.75, 3.05) is 7.11 Å². The van der Waals surface area contributed by atoms with Crippen LogP contribution >= 0.6 is 0 Å². The van der Waals surface area contributed by atoms with Gasteiger partial charge in [0.25, 0.3) is 0 Å². The van der Waals surface area contributed by atoms with E-state index >= 15 is 0 Å². The summed E-state index contributed by atoms with van der Waals surface area (Å²) in [5.74, 6) is 1.64. The number of fused-ring (bicyclic) bond motifs is 1. The maximum absolute atomic E-state index is 5.21. The van der Waals surface area contributed by atoms with Crippen molar-refractivity contribution in [2.45, 2.75) is 25.7 Å². The van der Waals surface area contributed by atoms with E-state index in [-0.39, 0.29) is 0 Å². The van der Waals surface area contributed by atoms with E-state index in [2.05, 4.69) is 24.0 Å². The average molecular weight is 213 g/mol. The molecule has 0 spiro atoms. The molecule has 1 saturated carbocycles. The van der Waals surface area contributed by atoms with Crippen LogP contribution in [0.2, 0.25) is 0 Å². The fourth-order valence-corrected chi connectivity index (χ4v) is 2.19. The molecule has 0 N–H and O–H groups in total. The molecular weight excluding hydrogens is 198 g/mol. The van der Waals surface area contributed by atoms with Gasteiger partial charge in [-0.05, 0) is 49.4 Å². The number of aryl methyl sites for hydroxylation is 1. The molecule has 1 aromatic carbocycles. The smallest absolute Gasteiger partial charge is 0.121 e. The van der Waals surface area contributed by atoms with E-state index in [1.54, 1.807) is 7.11 Å². The number of benzene rings is 1. The molecule has 1 fully saturated rings. The Hall–Kier alpha value is -1.57. The Morgan fingerprint density at radius 2 is 2.06 bits per heavy atom. The quantitative estimate of drug-likeness (QED) is 0.762. The third-order valence-electron chi connectivity index (χ3n) is 3.27. The van der Waals surface area contributed by atoms with Gasteiger partial charge in [0.05, 0.1) is 12.6 Å². The number of ether oxygens (including phenoxy) is 1. The van der Waals surface area contributed by atoms with Crippen LogP contribution in [0.1, 0.15) is 30.0 Å². The van der Waals surface area contributed by atoms with E-state index in [0.29, 0.717) is 0 Å². The molecule has 16 heavy (non-hydrogen) atoms. The summed E-state index contributed by atoms with van der Waals surface area (Å²) in [6.07, 6.45) is 2.65. The highest BCUT2D eigenvalue weighted by Gasteiger charge is 2.25. The Balaban J connectivity index is 2.18. The van der Waals surface area contributed by atoms with Crippen molar-refractivity contribution in [2.24, 2.45) is 0 Å². The predicted octanol–water partition coefficient (Wildman–Crippen LogP) is 3.43. The van der Waals surface area contributed by atoms with Crippen LogP contribution in [-0.2, 0) is 0 Å². The van der Waals surface area contributed by atoms with Gasteiger partial charge in [0.1, 0.15) is 5.75 Å². The molecule has 0 aliphatic heterocycles. The van der Waals surface area contributed by atoms with Crippen molar-refractivity contribution >= 4 is 10.9 Å². The zero-order chi connectivity index (χ0) is 11.1. The number of hydrogen-bond donors (Lipinski definition) is 0. The van der Waals surface area contributed by atoms with Gasteiger partial charge < -0.3 is 4.74 Å². The Bertz CT molecular complexity index is 544. The largest absolute Gasteiger partial charge is 0.497 e. The Labute approximate surface area is 95.3 Å². The normalized spacial score (nSPS) is 15.4. The second-order valence-corrected chi connectivity index (χ2v) is 4.50. The van der Waals surface area contributed by atoms with Gasteiger partial charge in [0.15, 0.2) is 0 Å². The molecule has 0 bridgehead atoms. The van der Waals surface area contributed by atoms with Gasteiger partial charge in [0, 0.05) is 17.1 Å². The molecule has 3 rings (SSSR count). The Morgan fingerprint density at radius 1 is 1.25 bits per heavy atom. The van der Waals surface area contributed by atoms with E-state index < -0.39 is 0 Å². The minimum atomic E-state index is 0.763. The summed E-state index contributed by atoms with van der Waals surface area (Å²) in [5, 5.41) is 1.22. The van der Waals surface area contributed by atoms with E-state index in [0.717, 1.165) is 17.2 Å². The maximum atomic E-state index is 5.21. The topological polar surface area (TPSA) is 22.1 Å². The maximum Gasteiger partial charge on any atom is 0.121 e. The average Bonchev–Trinajstić information content (AvgIpc) is 3.11. The van der Waals surface area contributed by atoms with Gasteiger partial charge in [-0.2, -0.15) is 0 Å². The van der Waals surface area contributed by atoms with Gasteiger partial charge in [-0.1, -0.05) is 0 Å². The first kappa shape index (κ1) is 9.64. The number of hydrogen-bond acceptors (Lipinski definition) is 2. The molecule has 1 aromatic heterocycles. The highest BCUT2D eigenvalue weighted by Crippen LogP contribution is 2.42. The zero-order valence-corrected chi connectivity index (χ0v) is 9.66. The second-order valence-electron chi connectivity index (χ2n) is 4.50. The molecule has 1 heterocycles. The van der Waals surface area contributed by atoms with Crippen LogP contribution in [-0.4, -0.2) is 12.1 Å². The van der Waals surface area contributed by atoms with Crippen molar-refractivity contribution < 1.29 is 4.74 Å². The highest BCUT2D eigenvalue weighted by atomic mass is 16.5. The number of nitrogens with zero attached hydrogens (tertiary/aromatic N) is 1. The molecule has 0 amide bonds. The minimum Gasteiger partial charge on any atom is -0.497 e. The molecule has 2 aromatic rings. The van der Waals surface area contributed by atoms with Crippen molar-refractivity contribution in [3.05, 3.63) is 35.5 Å². The lowest BCUT2D eigenvalue weighted by molar-refractivity contribution is 0.415. The standard InChI is InChI=1S/C14H15NO/c1-9-13(10-3-4-10)7-11-5-6-12(16-2)8-14(11)15-9/h5-8,10H,3-4H2,1-2H3. The molecule has 0 atom stereocenters. The van der Waals surface area contributed by atoms with Crippen LogP contribution in [0.15, 0.2) is 24.3 Å². The molecule has 0 radical (unpaired) electrons. The third kappa shape index (κ3) is 1.54. The first-order valence-electron chi connectivity index (χ1n) is 5.73. The summed E-state index contributed by atoms with van der Waals surface area (Å²) in [6, 6.07) is 8.37. The lowest BCUT2D eigenvalue weighted by atomic mass is 10.1. The lowest BCUT2D eigenvalue weighted by Gasteiger charge is -2.07. The molecule has 1 aliphatic carbocycles. The van der Waals surface area contributed by atoms with Crippen LogP contribution < -0.4 is 4.74 Å². The summed E-state index contributed by atoms with van der Waals surface area (Å²) in [7, 11) is 1.69. The minimum absolute atomic E-state index is 0.763. The van der Waals surface area contributed by atoms with E-state index in [1.807, 2.05) is 12.1 Å². The summed E-state index contributed by atoms with van der Waals surface area (Å²) < 4.78 is 5.21. The number of methoxy groups -OCH3 is 1. The third-order valence-corrected chi connectivity index (χ3v) is 3.27. The second kappa shape index (κ2) is 3.48. The zero-order valence-electron chi connectivity index (χ0n) is 9.66. The first-order valence-corrected chi connectivity index (χ1v) is 5.73. The van der Waals surface area contributed by atoms with Crippen molar-refractivity contribution in [1.82, 2.24) is 4.98 Å². The Kier molecular flexibility index (Phi) is 2.10. The van der Waals surface area contributed by atoms with Gasteiger partial charge in [-0.3, -0.25) is 4.98 Å². The fourth-order valence-electron chi connectivity index (χ4n) is 2.19. The van der Waals surface area contributed by atoms with Gasteiger partial charge >= 0.3 is 0 Å². The first-order chi connectivity index (χ1) is 7.78. The molecule has 0 unspecified atom stereocenters. The van der Waals surface area contributed by atoms with Gasteiger partial charge in [0.2, 0.25) is 0 Å². The predicted molar refractivity (Wildman–Crippen MR) is 65.0 cm³/mol. The van der Waals surface area contributed by atoms with Crippen LogP contribution in [0.3, 0.4) is 0 Å². The SMILES string of the molecule is COc1ccc2cc(C3CC3)c(C)nc2c1. The molecule has 1 aliphatic rings. The summed E-state index contributed by atoms with van der Waals surface area (Å²) in [6.45, 7) is 2.10. The van der Waals surface area contributed by atoms with Crippen LogP contribution in [0.25, 0.3) is 10.9 Å². The van der Waals surface area contributed by atoms with E-state index in [9.17, 15) is 0 Å². The fraction of sp³-hybridized carbons (Fsp3) is 0.357. The lowest BCUT2D eigenvalue weighted by Crippen LogP contribution is -1.92. The van der Waals surface area contributed by atoms with Crippen LogP contribution in [0.4, 0.5) is 0 Å². The van der Waals surface area contributed by atoms with Crippen LogP contribution in [0, 0.1) is 6.92 Å². The molecule has 82 valence electrons. The van der Waals surface area contributed by atoms with E-state index in [4.69, 9.17) is 4.74 Å². The van der Waals surface area contributed by atoms with E-state index in [1.165, 1.54) is 29.5 Å². The van der Waals surface area contributed by atoms with Crippen LogP contribution in [0.5, 0.6) is 5.75 Å². The van der Waals surface area contributed by atoms with Crippen molar-refractivity contribution in [3.8, 4) is 5.75 Å². The monoisotopic (exact) mass is 213 g/mol. The summed E-state index contributed by atoms with van der Waals surface area (Å²) in [4.78, 5) is 4.67. The highest BCUT2D eigenvalue weighted by molar-refractivity contribution is 5.81. The molecule has 2 nitrogen and oxygen atoms in total. The number of pyridine rings is 1. The molecule has 0 saturated heterocycles. The van der Waals surface area contributed by atoms with Crippen molar-refractivity contribution in [1.29, 1.82) is 0 Å². The number of rotatable bonds is 2. The molecule has 2 heteroatoms. The Morgan fingerprint density at radius 3 is 2.75 bits per heavy atom. The molecular formula is C14H15NO. The van der Waals surface area contributed by atoms with Gasteiger partial charge in [-0.15, -0.1) is 0 Å². The van der Waals surface area contributed by atoms with Crippen molar-refractivity contribution in [3.63, 3.8) is 0 Å².